The van der Waals surface area contributed by atoms with E-state index in [1.54, 1.807) is 6.07 Å². The number of rotatable bonds is 4. The van der Waals surface area contributed by atoms with E-state index in [4.69, 9.17) is 31.5 Å². The first-order chi connectivity index (χ1) is 10.5. The number of aliphatic imine (C=N–C) groups is 1. The van der Waals surface area contributed by atoms with Crippen LogP contribution in [0.3, 0.4) is 0 Å². The number of nitrogens with two attached hydrogens (primary N) is 2. The monoisotopic (exact) mass is 304 g/mol. The molecule has 0 aliphatic heterocycles. The molecule has 0 fully saturated rings. The molecule has 22 heavy (non-hydrogen) atoms. The van der Waals surface area contributed by atoms with Gasteiger partial charge in [0.05, 0.1) is 5.69 Å². The first-order valence-electron chi connectivity index (χ1n) is 6.17. The van der Waals surface area contributed by atoms with Crippen LogP contribution < -0.4 is 16.2 Å². The Morgan fingerprint density at radius 3 is 2.41 bits per heavy atom. The van der Waals surface area contributed by atoms with Gasteiger partial charge in [-0.2, -0.15) is 0 Å². The van der Waals surface area contributed by atoms with Gasteiger partial charge in [-0.1, -0.05) is 36.4 Å². The van der Waals surface area contributed by atoms with E-state index in [-0.39, 0.29) is 5.96 Å². The second kappa shape index (κ2) is 8.80. The minimum Gasteiger partial charge on any atom is -0.489 e. The highest BCUT2D eigenvalue weighted by molar-refractivity contribution is 5.79. The largest absolute Gasteiger partial charge is 0.489 e. The summed E-state index contributed by atoms with van der Waals surface area (Å²) in [5.41, 5.74) is 12.4. The van der Waals surface area contributed by atoms with Gasteiger partial charge in [-0.3, -0.25) is 0 Å². The zero-order valence-corrected chi connectivity index (χ0v) is 11.6. The highest BCUT2D eigenvalue weighted by atomic mass is 16.9. The zero-order chi connectivity index (χ0) is 16.4. The van der Waals surface area contributed by atoms with E-state index in [1.165, 1.54) is 0 Å². The molecular formula is C14H16N4O4. The van der Waals surface area contributed by atoms with Crippen molar-refractivity contribution in [2.24, 2.45) is 16.5 Å². The van der Waals surface area contributed by atoms with Gasteiger partial charge < -0.3 is 21.4 Å². The lowest BCUT2D eigenvalue weighted by Gasteiger charge is -2.06. The predicted octanol–water partition coefficient (Wildman–Crippen LogP) is 1.82. The molecule has 5 N–H and O–H groups in total. The van der Waals surface area contributed by atoms with Crippen molar-refractivity contribution in [3.8, 4) is 5.75 Å². The Kier molecular flexibility index (Phi) is 6.70. The zero-order valence-electron chi connectivity index (χ0n) is 11.6. The maximum Gasteiger partial charge on any atom is 0.291 e. The lowest BCUT2D eigenvalue weighted by molar-refractivity contribution is -0.742. The van der Waals surface area contributed by atoms with Crippen LogP contribution in [0.25, 0.3) is 0 Å². The quantitative estimate of drug-likeness (QED) is 0.341. The third-order valence-electron chi connectivity index (χ3n) is 2.32. The second-order valence-electron chi connectivity index (χ2n) is 4.05. The molecule has 0 unspecified atom stereocenters. The van der Waals surface area contributed by atoms with E-state index in [9.17, 15) is 0 Å². The molecule has 0 saturated carbocycles. The molecule has 8 heteroatoms. The average molecular weight is 304 g/mol. The SMILES string of the molecule is NC(N)=Nc1cccc(OCc2ccccc2)c1.O=[N+]([O-])O. The fourth-order valence-corrected chi connectivity index (χ4v) is 1.53. The lowest BCUT2D eigenvalue weighted by atomic mass is 10.2. The third kappa shape index (κ3) is 7.34. The van der Waals surface area contributed by atoms with Crippen LogP contribution in [0.2, 0.25) is 0 Å². The highest BCUT2D eigenvalue weighted by Crippen LogP contribution is 2.20. The Hall–Kier alpha value is -3.29. The van der Waals surface area contributed by atoms with Gasteiger partial charge in [0.25, 0.3) is 5.09 Å². The summed E-state index contributed by atoms with van der Waals surface area (Å²) in [6.45, 7) is 0.520. The molecular weight excluding hydrogens is 288 g/mol. The number of hydrogen-bond donors (Lipinski definition) is 3. The van der Waals surface area contributed by atoms with E-state index in [2.05, 4.69) is 4.99 Å². The maximum absolute atomic E-state index is 8.36. The Morgan fingerprint density at radius 2 is 1.82 bits per heavy atom. The van der Waals surface area contributed by atoms with Gasteiger partial charge in [0, 0.05) is 6.07 Å². The Bertz CT molecular complexity index is 624. The van der Waals surface area contributed by atoms with Gasteiger partial charge in [-0.05, 0) is 17.7 Å². The standard InChI is InChI=1S/C14H15N3O.HNO3/c15-14(16)17-12-7-4-8-13(9-12)18-10-11-5-2-1-3-6-11;2-1(3)4/h1-9H,10H2,(H4,15,16,17);(H,2,3,4). The smallest absolute Gasteiger partial charge is 0.291 e. The molecule has 0 bridgehead atoms. The molecule has 0 amide bonds. The van der Waals surface area contributed by atoms with Crippen molar-refractivity contribution in [3.05, 3.63) is 70.3 Å². The van der Waals surface area contributed by atoms with Gasteiger partial charge in [-0.15, -0.1) is 10.1 Å². The molecule has 0 heterocycles. The first-order valence-corrected chi connectivity index (χ1v) is 6.17. The highest BCUT2D eigenvalue weighted by Gasteiger charge is 1.97. The Morgan fingerprint density at radius 1 is 1.18 bits per heavy atom. The van der Waals surface area contributed by atoms with Crippen LogP contribution in [-0.2, 0) is 6.61 Å². The Labute approximate surface area is 126 Å². The van der Waals surface area contributed by atoms with Crippen molar-refractivity contribution in [2.45, 2.75) is 6.61 Å². The molecule has 0 atom stereocenters. The van der Waals surface area contributed by atoms with E-state index in [0.717, 1.165) is 11.3 Å². The molecule has 0 aromatic heterocycles. The second-order valence-corrected chi connectivity index (χ2v) is 4.05. The molecule has 0 saturated heterocycles. The Balaban J connectivity index is 0.000000541. The molecule has 0 aliphatic carbocycles. The minimum absolute atomic E-state index is 0.0372. The number of guanidine groups is 1. The summed E-state index contributed by atoms with van der Waals surface area (Å²) >= 11 is 0. The van der Waals surface area contributed by atoms with Crippen molar-refractivity contribution >= 4 is 11.6 Å². The number of benzene rings is 2. The molecule has 0 spiro atoms. The van der Waals surface area contributed by atoms with Gasteiger partial charge >= 0.3 is 0 Å². The fraction of sp³-hybridized carbons (Fsp3) is 0.0714. The van der Waals surface area contributed by atoms with Crippen LogP contribution in [0.5, 0.6) is 5.75 Å². The fourth-order valence-electron chi connectivity index (χ4n) is 1.53. The van der Waals surface area contributed by atoms with Crippen LogP contribution in [-0.4, -0.2) is 16.3 Å². The summed E-state index contributed by atoms with van der Waals surface area (Å²) in [4.78, 5) is 12.3. The molecule has 2 rings (SSSR count). The summed E-state index contributed by atoms with van der Waals surface area (Å²) in [7, 11) is 0. The molecule has 2 aromatic rings. The van der Waals surface area contributed by atoms with Crippen molar-refractivity contribution in [1.82, 2.24) is 0 Å². The van der Waals surface area contributed by atoms with Gasteiger partial charge in [-0.25, -0.2) is 4.99 Å². The summed E-state index contributed by atoms with van der Waals surface area (Å²) in [6, 6.07) is 17.3. The van der Waals surface area contributed by atoms with Crippen molar-refractivity contribution in [2.75, 3.05) is 0 Å². The van der Waals surface area contributed by atoms with Crippen molar-refractivity contribution in [1.29, 1.82) is 0 Å². The molecule has 8 nitrogen and oxygen atoms in total. The van der Waals surface area contributed by atoms with E-state index < -0.39 is 5.09 Å². The summed E-state index contributed by atoms with van der Waals surface area (Å²) in [6.07, 6.45) is 0. The van der Waals surface area contributed by atoms with Crippen LogP contribution >= 0.6 is 0 Å². The normalized spacial score (nSPS) is 9.09. The van der Waals surface area contributed by atoms with Crippen molar-refractivity contribution in [3.63, 3.8) is 0 Å². The molecule has 116 valence electrons. The molecule has 0 radical (unpaired) electrons. The van der Waals surface area contributed by atoms with Gasteiger partial charge in [0.15, 0.2) is 5.96 Å². The van der Waals surface area contributed by atoms with E-state index in [1.807, 2.05) is 48.5 Å². The van der Waals surface area contributed by atoms with E-state index >= 15 is 0 Å². The third-order valence-corrected chi connectivity index (χ3v) is 2.32. The van der Waals surface area contributed by atoms with Gasteiger partial charge in [0.2, 0.25) is 0 Å². The first kappa shape index (κ1) is 16.8. The van der Waals surface area contributed by atoms with Gasteiger partial charge in [0.1, 0.15) is 12.4 Å². The maximum atomic E-state index is 8.36. The van der Waals surface area contributed by atoms with Crippen LogP contribution in [0.1, 0.15) is 5.56 Å². The number of nitrogens with zero attached hydrogens (tertiary/aromatic N) is 2. The number of hydrogen-bond acceptors (Lipinski definition) is 4. The topological polar surface area (TPSA) is 137 Å². The lowest BCUT2D eigenvalue weighted by Crippen LogP contribution is -2.21. The molecule has 2 aromatic carbocycles. The van der Waals surface area contributed by atoms with Crippen LogP contribution in [0.4, 0.5) is 5.69 Å². The van der Waals surface area contributed by atoms with Crippen LogP contribution in [0, 0.1) is 10.1 Å². The van der Waals surface area contributed by atoms with Crippen molar-refractivity contribution < 1.29 is 15.0 Å². The number of ether oxygens (including phenoxy) is 1. The van der Waals surface area contributed by atoms with E-state index in [0.29, 0.717) is 12.3 Å². The average Bonchev–Trinajstić information content (AvgIpc) is 2.45. The molecule has 0 aliphatic rings. The van der Waals surface area contributed by atoms with Crippen LogP contribution in [0.15, 0.2) is 59.6 Å². The predicted molar refractivity (Wildman–Crippen MR) is 81.5 cm³/mol. The summed E-state index contributed by atoms with van der Waals surface area (Å²) in [5, 5.41) is 13.6. The minimum atomic E-state index is -1.50. The summed E-state index contributed by atoms with van der Waals surface area (Å²) in [5.74, 6) is 0.775. The summed E-state index contributed by atoms with van der Waals surface area (Å²) < 4.78 is 5.66.